The molecule has 0 spiro atoms. The van der Waals surface area contributed by atoms with Gasteiger partial charge in [0.1, 0.15) is 0 Å². The van der Waals surface area contributed by atoms with E-state index in [1.807, 2.05) is 0 Å². The Hall–Kier alpha value is 0. The molecule has 1 saturated carbocycles. The Bertz CT molecular complexity index is 206. The lowest BCUT2D eigenvalue weighted by Gasteiger charge is -2.49. The molecule has 0 bridgehead atoms. The standard InChI is InChI=1S/C14H28/c1-8-14(9-2)11(3)10-12(4,5)13(14,6)7/h11H,8-10H2,1-7H3. The predicted octanol–water partition coefficient (Wildman–Crippen LogP) is 4.89. The molecule has 0 aromatic carbocycles. The van der Waals surface area contributed by atoms with Gasteiger partial charge in [0.25, 0.3) is 0 Å². The Morgan fingerprint density at radius 1 is 1.00 bits per heavy atom. The molecule has 0 heteroatoms. The molecule has 0 radical (unpaired) electrons. The van der Waals surface area contributed by atoms with Crippen molar-refractivity contribution in [1.82, 2.24) is 0 Å². The summed E-state index contributed by atoms with van der Waals surface area (Å²) >= 11 is 0. The lowest BCUT2D eigenvalue weighted by atomic mass is 9.56. The maximum Gasteiger partial charge on any atom is -0.0220 e. The molecule has 0 saturated heterocycles. The number of hydrogen-bond donors (Lipinski definition) is 0. The zero-order valence-electron chi connectivity index (χ0n) is 11.2. The van der Waals surface area contributed by atoms with Crippen molar-refractivity contribution in [2.75, 3.05) is 0 Å². The summed E-state index contributed by atoms with van der Waals surface area (Å²) in [5.41, 5.74) is 1.54. The van der Waals surface area contributed by atoms with E-state index < -0.39 is 0 Å². The van der Waals surface area contributed by atoms with Gasteiger partial charge < -0.3 is 0 Å². The summed E-state index contributed by atoms with van der Waals surface area (Å²) < 4.78 is 0. The highest BCUT2D eigenvalue weighted by Crippen LogP contribution is 2.67. The summed E-state index contributed by atoms with van der Waals surface area (Å²) in [5, 5.41) is 0. The average molecular weight is 196 g/mol. The summed E-state index contributed by atoms with van der Waals surface area (Å²) in [6, 6.07) is 0. The van der Waals surface area contributed by atoms with Crippen LogP contribution in [0.3, 0.4) is 0 Å². The summed E-state index contributed by atoms with van der Waals surface area (Å²) in [6.07, 6.45) is 4.06. The molecule has 0 amide bonds. The minimum Gasteiger partial charge on any atom is -0.0648 e. The highest BCUT2D eigenvalue weighted by Gasteiger charge is 2.59. The van der Waals surface area contributed by atoms with Crippen molar-refractivity contribution < 1.29 is 0 Å². The second-order valence-corrected chi connectivity index (χ2v) is 6.48. The SMILES string of the molecule is CCC1(CC)C(C)CC(C)(C)C1(C)C. The Morgan fingerprint density at radius 3 is 1.57 bits per heavy atom. The Morgan fingerprint density at radius 2 is 1.43 bits per heavy atom. The fourth-order valence-corrected chi connectivity index (χ4v) is 4.34. The first-order chi connectivity index (χ1) is 6.25. The van der Waals surface area contributed by atoms with Crippen LogP contribution in [0.1, 0.15) is 67.7 Å². The Kier molecular flexibility index (Phi) is 2.80. The van der Waals surface area contributed by atoms with Crippen LogP contribution in [-0.2, 0) is 0 Å². The third kappa shape index (κ3) is 1.19. The molecular formula is C14H28. The van der Waals surface area contributed by atoms with Crippen molar-refractivity contribution in [2.45, 2.75) is 67.7 Å². The molecule has 1 rings (SSSR count). The van der Waals surface area contributed by atoms with Crippen molar-refractivity contribution in [3.63, 3.8) is 0 Å². The Balaban J connectivity index is 3.18. The second-order valence-electron chi connectivity index (χ2n) is 6.48. The largest absolute Gasteiger partial charge is 0.0648 e. The van der Waals surface area contributed by atoms with Crippen molar-refractivity contribution in [1.29, 1.82) is 0 Å². The molecule has 84 valence electrons. The average Bonchev–Trinajstić information content (AvgIpc) is 2.17. The quantitative estimate of drug-likeness (QED) is 0.590. The summed E-state index contributed by atoms with van der Waals surface area (Å²) in [5.74, 6) is 0.877. The normalized spacial score (nSPS) is 33.2. The van der Waals surface area contributed by atoms with Crippen LogP contribution in [0, 0.1) is 22.2 Å². The van der Waals surface area contributed by atoms with Crippen molar-refractivity contribution in [2.24, 2.45) is 22.2 Å². The van der Waals surface area contributed by atoms with E-state index in [1.54, 1.807) is 0 Å². The van der Waals surface area contributed by atoms with E-state index in [1.165, 1.54) is 19.3 Å². The van der Waals surface area contributed by atoms with E-state index in [9.17, 15) is 0 Å². The third-order valence-electron chi connectivity index (χ3n) is 5.96. The van der Waals surface area contributed by atoms with E-state index in [0.717, 1.165) is 5.92 Å². The van der Waals surface area contributed by atoms with Crippen LogP contribution in [-0.4, -0.2) is 0 Å². The topological polar surface area (TPSA) is 0 Å². The van der Waals surface area contributed by atoms with Crippen LogP contribution in [0.2, 0.25) is 0 Å². The van der Waals surface area contributed by atoms with E-state index in [2.05, 4.69) is 48.5 Å². The van der Waals surface area contributed by atoms with Crippen LogP contribution in [0.4, 0.5) is 0 Å². The molecule has 0 aliphatic heterocycles. The number of hydrogen-bond acceptors (Lipinski definition) is 0. The molecule has 1 aliphatic rings. The number of rotatable bonds is 2. The first kappa shape index (κ1) is 12.1. The molecule has 1 atom stereocenters. The second kappa shape index (κ2) is 3.25. The van der Waals surface area contributed by atoms with E-state index in [4.69, 9.17) is 0 Å². The van der Waals surface area contributed by atoms with Gasteiger partial charge in [0.15, 0.2) is 0 Å². The van der Waals surface area contributed by atoms with Gasteiger partial charge in [-0.2, -0.15) is 0 Å². The minimum atomic E-state index is 0.475. The highest BCUT2D eigenvalue weighted by atomic mass is 14.6. The van der Waals surface area contributed by atoms with Gasteiger partial charge in [-0.1, -0.05) is 48.5 Å². The maximum atomic E-state index is 2.49. The smallest absolute Gasteiger partial charge is 0.0220 e. The first-order valence-electron chi connectivity index (χ1n) is 6.25. The molecule has 0 aromatic heterocycles. The maximum absolute atomic E-state index is 2.49. The highest BCUT2D eigenvalue weighted by molar-refractivity contribution is 5.08. The molecule has 1 unspecified atom stereocenters. The fourth-order valence-electron chi connectivity index (χ4n) is 4.34. The van der Waals surface area contributed by atoms with E-state index in [0.29, 0.717) is 16.2 Å². The molecule has 0 nitrogen and oxygen atoms in total. The van der Waals surface area contributed by atoms with Crippen molar-refractivity contribution >= 4 is 0 Å². The predicted molar refractivity (Wildman–Crippen MR) is 64.4 cm³/mol. The summed E-state index contributed by atoms with van der Waals surface area (Å²) in [7, 11) is 0. The van der Waals surface area contributed by atoms with Gasteiger partial charge in [-0.25, -0.2) is 0 Å². The van der Waals surface area contributed by atoms with Gasteiger partial charge in [-0.3, -0.25) is 0 Å². The molecule has 1 aliphatic carbocycles. The van der Waals surface area contributed by atoms with Gasteiger partial charge in [-0.05, 0) is 41.4 Å². The fraction of sp³-hybridized carbons (Fsp3) is 1.00. The van der Waals surface area contributed by atoms with Gasteiger partial charge >= 0.3 is 0 Å². The van der Waals surface area contributed by atoms with Gasteiger partial charge in [-0.15, -0.1) is 0 Å². The lowest BCUT2D eigenvalue weighted by Crippen LogP contribution is -2.41. The van der Waals surface area contributed by atoms with Crippen LogP contribution in [0.5, 0.6) is 0 Å². The van der Waals surface area contributed by atoms with Crippen molar-refractivity contribution in [3.8, 4) is 0 Å². The molecule has 14 heavy (non-hydrogen) atoms. The molecule has 0 N–H and O–H groups in total. The van der Waals surface area contributed by atoms with Gasteiger partial charge in [0.05, 0.1) is 0 Å². The summed E-state index contributed by atoms with van der Waals surface area (Å²) in [4.78, 5) is 0. The first-order valence-corrected chi connectivity index (χ1v) is 6.25. The monoisotopic (exact) mass is 196 g/mol. The van der Waals surface area contributed by atoms with E-state index >= 15 is 0 Å². The zero-order valence-corrected chi connectivity index (χ0v) is 11.2. The molecular weight excluding hydrogens is 168 g/mol. The van der Waals surface area contributed by atoms with Crippen LogP contribution < -0.4 is 0 Å². The molecule has 1 fully saturated rings. The molecule has 0 heterocycles. The third-order valence-corrected chi connectivity index (χ3v) is 5.96. The van der Waals surface area contributed by atoms with Gasteiger partial charge in [0, 0.05) is 0 Å². The molecule has 0 aromatic rings. The van der Waals surface area contributed by atoms with Crippen LogP contribution in [0.25, 0.3) is 0 Å². The Labute approximate surface area is 90.5 Å². The van der Waals surface area contributed by atoms with Crippen LogP contribution in [0.15, 0.2) is 0 Å². The van der Waals surface area contributed by atoms with E-state index in [-0.39, 0.29) is 0 Å². The zero-order chi connectivity index (χ0) is 11.2. The minimum absolute atomic E-state index is 0.475. The van der Waals surface area contributed by atoms with Crippen molar-refractivity contribution in [3.05, 3.63) is 0 Å². The summed E-state index contributed by atoms with van der Waals surface area (Å²) in [6.45, 7) is 17.1. The van der Waals surface area contributed by atoms with Gasteiger partial charge in [0.2, 0.25) is 0 Å². The van der Waals surface area contributed by atoms with Crippen LogP contribution >= 0.6 is 0 Å². The lowest BCUT2D eigenvalue weighted by molar-refractivity contribution is 0.00166.